The molecule has 1 aliphatic carbocycles. The van der Waals surface area contributed by atoms with Gasteiger partial charge in [-0.3, -0.25) is 9.59 Å². The molecule has 5 nitrogen and oxygen atoms in total. The van der Waals surface area contributed by atoms with E-state index in [4.69, 9.17) is 23.2 Å². The Hall–Kier alpha value is -2.93. The molecule has 0 atom stereocenters. The summed E-state index contributed by atoms with van der Waals surface area (Å²) in [6.07, 6.45) is 2.47. The first kappa shape index (κ1) is 25.2. The highest BCUT2D eigenvalue weighted by molar-refractivity contribution is 6.35. The Morgan fingerprint density at radius 2 is 1.69 bits per heavy atom. The van der Waals surface area contributed by atoms with Gasteiger partial charge in [0, 0.05) is 33.4 Å². The van der Waals surface area contributed by atoms with E-state index < -0.39 is 5.82 Å². The van der Waals surface area contributed by atoms with Crippen LogP contribution in [0, 0.1) is 12.7 Å². The van der Waals surface area contributed by atoms with E-state index in [2.05, 4.69) is 10.6 Å². The van der Waals surface area contributed by atoms with Crippen LogP contribution in [0.15, 0.2) is 54.6 Å². The summed E-state index contributed by atoms with van der Waals surface area (Å²) in [6.45, 7) is 1.80. The topological polar surface area (TPSA) is 78.4 Å². The number of ketones is 1. The lowest BCUT2D eigenvalue weighted by Crippen LogP contribution is -2.38. The first-order valence-electron chi connectivity index (χ1n) is 11.4. The van der Waals surface area contributed by atoms with Gasteiger partial charge in [0.15, 0.2) is 5.78 Å². The molecule has 0 bridgehead atoms. The molecule has 1 aliphatic rings. The second-order valence-electron chi connectivity index (χ2n) is 8.78. The highest BCUT2D eigenvalue weighted by atomic mass is 35.5. The maximum Gasteiger partial charge on any atom is 0.251 e. The van der Waals surface area contributed by atoms with Gasteiger partial charge in [0.25, 0.3) is 5.91 Å². The molecule has 0 aromatic heterocycles. The third-order valence-corrected chi connectivity index (χ3v) is 6.75. The predicted octanol–water partition coefficient (Wildman–Crippen LogP) is 6.45. The van der Waals surface area contributed by atoms with Gasteiger partial charge in [0.2, 0.25) is 0 Å². The average Bonchev–Trinajstić information content (AvgIpc) is 2.82. The zero-order chi connectivity index (χ0) is 25.1. The number of carbonyl (C=O) groups is 2. The van der Waals surface area contributed by atoms with Crippen LogP contribution in [0.1, 0.15) is 57.5 Å². The van der Waals surface area contributed by atoms with E-state index in [0.717, 1.165) is 12.8 Å². The fourth-order valence-electron chi connectivity index (χ4n) is 4.17. The highest BCUT2D eigenvalue weighted by Gasteiger charge is 2.23. The van der Waals surface area contributed by atoms with E-state index in [9.17, 15) is 19.1 Å². The zero-order valence-electron chi connectivity index (χ0n) is 19.1. The predicted molar refractivity (Wildman–Crippen MR) is 136 cm³/mol. The fourth-order valence-corrected chi connectivity index (χ4v) is 4.59. The molecule has 1 fully saturated rings. The number of benzene rings is 3. The third-order valence-electron chi connectivity index (χ3n) is 6.20. The summed E-state index contributed by atoms with van der Waals surface area (Å²) in [7, 11) is 0. The number of rotatable bonds is 6. The van der Waals surface area contributed by atoms with Crippen LogP contribution in [0.5, 0.6) is 0 Å². The molecule has 35 heavy (non-hydrogen) atoms. The Morgan fingerprint density at radius 1 is 0.943 bits per heavy atom. The molecule has 3 aromatic rings. The molecule has 3 aromatic carbocycles. The van der Waals surface area contributed by atoms with Crippen molar-refractivity contribution in [3.05, 3.63) is 92.7 Å². The number of halogens is 3. The smallest absolute Gasteiger partial charge is 0.251 e. The summed E-state index contributed by atoms with van der Waals surface area (Å²) in [5.74, 6) is -1.08. The molecule has 0 saturated heterocycles. The van der Waals surface area contributed by atoms with E-state index in [1.165, 1.54) is 12.1 Å². The first-order valence-corrected chi connectivity index (χ1v) is 12.1. The zero-order valence-corrected chi connectivity index (χ0v) is 20.6. The van der Waals surface area contributed by atoms with Gasteiger partial charge in [-0.2, -0.15) is 0 Å². The van der Waals surface area contributed by atoms with Gasteiger partial charge in [-0.15, -0.1) is 0 Å². The van der Waals surface area contributed by atoms with Crippen LogP contribution in [0.4, 0.5) is 15.8 Å². The lowest BCUT2D eigenvalue weighted by Gasteiger charge is -2.26. The monoisotopic (exact) mass is 514 g/mol. The molecule has 0 spiro atoms. The number of nitrogens with one attached hydrogen (secondary N) is 2. The number of amides is 1. The Balaban J connectivity index is 1.52. The molecule has 8 heteroatoms. The third kappa shape index (κ3) is 6.01. The second-order valence-corrected chi connectivity index (χ2v) is 9.63. The largest absolute Gasteiger partial charge is 0.393 e. The number of hydrogen-bond donors (Lipinski definition) is 3. The van der Waals surface area contributed by atoms with Gasteiger partial charge in [-0.05, 0) is 86.7 Å². The van der Waals surface area contributed by atoms with Crippen molar-refractivity contribution >= 4 is 46.3 Å². The minimum absolute atomic E-state index is 0.00585. The summed E-state index contributed by atoms with van der Waals surface area (Å²) in [4.78, 5) is 26.1. The van der Waals surface area contributed by atoms with Gasteiger partial charge in [0.05, 0.1) is 16.8 Å². The molecule has 0 aliphatic heterocycles. The summed E-state index contributed by atoms with van der Waals surface area (Å²) in [5, 5.41) is 16.1. The van der Waals surface area contributed by atoms with E-state index in [1.807, 2.05) is 0 Å². The van der Waals surface area contributed by atoms with Gasteiger partial charge >= 0.3 is 0 Å². The number of anilines is 2. The Labute approximate surface area is 213 Å². The Morgan fingerprint density at radius 3 is 2.37 bits per heavy atom. The summed E-state index contributed by atoms with van der Waals surface area (Å²) < 4.78 is 14.1. The molecule has 3 N–H and O–H groups in total. The van der Waals surface area contributed by atoms with Crippen LogP contribution >= 0.6 is 23.2 Å². The maximum atomic E-state index is 14.1. The molecule has 1 amide bonds. The van der Waals surface area contributed by atoms with Crippen molar-refractivity contribution in [2.75, 3.05) is 5.32 Å². The van der Waals surface area contributed by atoms with Crippen molar-refractivity contribution in [3.8, 4) is 0 Å². The number of aliphatic hydroxyl groups excluding tert-OH is 1. The van der Waals surface area contributed by atoms with Crippen molar-refractivity contribution in [2.24, 2.45) is 0 Å². The number of carbonyl (C=O) groups excluding carboxylic acids is 2. The van der Waals surface area contributed by atoms with Gasteiger partial charge in [-0.25, -0.2) is 4.39 Å². The Kier molecular flexibility index (Phi) is 7.75. The van der Waals surface area contributed by atoms with E-state index in [0.29, 0.717) is 35.2 Å². The van der Waals surface area contributed by atoms with Crippen LogP contribution < -0.4 is 10.6 Å². The molecular weight excluding hydrogens is 490 g/mol. The normalized spacial score (nSPS) is 17.6. The molecule has 182 valence electrons. The van der Waals surface area contributed by atoms with E-state index in [-0.39, 0.29) is 45.1 Å². The Bertz CT molecular complexity index is 1270. The van der Waals surface area contributed by atoms with Crippen LogP contribution in [-0.4, -0.2) is 28.9 Å². The molecular formula is C27H25Cl2FN2O3. The number of hydrogen-bond acceptors (Lipinski definition) is 4. The average molecular weight is 515 g/mol. The summed E-state index contributed by atoms with van der Waals surface area (Å²) in [6, 6.07) is 14.0. The minimum atomic E-state index is -0.510. The van der Waals surface area contributed by atoms with Crippen LogP contribution in [0.3, 0.4) is 0 Å². The highest BCUT2D eigenvalue weighted by Crippen LogP contribution is 2.29. The maximum absolute atomic E-state index is 14.1. The lowest BCUT2D eigenvalue weighted by molar-refractivity contribution is 0.0867. The summed E-state index contributed by atoms with van der Waals surface area (Å²) in [5.41, 5.74) is 2.49. The van der Waals surface area contributed by atoms with E-state index in [1.54, 1.807) is 49.4 Å². The standard InChI is InChI=1S/C27H25Cl2FN2O3/c1-15-2-3-16(27(35)32-18-5-8-20(33)9-6-18)12-22(15)26(34)21-10-7-19(14-23(21)29)31-25-11-4-17(28)13-24(25)30/h2-4,7,10-14,18,20,31,33H,5-6,8-9H2,1H3,(H,32,35)/t18-,20-. The van der Waals surface area contributed by atoms with Crippen LogP contribution in [0.2, 0.25) is 10.0 Å². The van der Waals surface area contributed by atoms with Crippen molar-refractivity contribution in [3.63, 3.8) is 0 Å². The minimum Gasteiger partial charge on any atom is -0.393 e. The van der Waals surface area contributed by atoms with Crippen molar-refractivity contribution < 1.29 is 19.1 Å². The molecule has 0 heterocycles. The van der Waals surface area contributed by atoms with Crippen molar-refractivity contribution in [2.45, 2.75) is 44.8 Å². The molecule has 0 unspecified atom stereocenters. The van der Waals surface area contributed by atoms with Gasteiger partial charge in [-0.1, -0.05) is 29.3 Å². The van der Waals surface area contributed by atoms with Crippen LogP contribution in [-0.2, 0) is 0 Å². The van der Waals surface area contributed by atoms with Crippen molar-refractivity contribution in [1.29, 1.82) is 0 Å². The molecule has 4 rings (SSSR count). The quantitative estimate of drug-likeness (QED) is 0.330. The SMILES string of the molecule is Cc1ccc(C(=O)N[C@H]2CC[C@H](O)CC2)cc1C(=O)c1ccc(Nc2ccc(Cl)cc2F)cc1Cl. The summed E-state index contributed by atoms with van der Waals surface area (Å²) >= 11 is 12.2. The van der Waals surface area contributed by atoms with Gasteiger partial charge < -0.3 is 15.7 Å². The van der Waals surface area contributed by atoms with Gasteiger partial charge in [0.1, 0.15) is 5.82 Å². The second kappa shape index (κ2) is 10.8. The molecule has 1 saturated carbocycles. The van der Waals surface area contributed by atoms with Crippen molar-refractivity contribution in [1.82, 2.24) is 5.32 Å². The van der Waals surface area contributed by atoms with E-state index >= 15 is 0 Å². The lowest BCUT2D eigenvalue weighted by atomic mass is 9.92. The molecule has 0 radical (unpaired) electrons. The number of aliphatic hydroxyl groups is 1. The number of aryl methyl sites for hydroxylation is 1. The first-order chi connectivity index (χ1) is 16.7. The fraction of sp³-hybridized carbons (Fsp3) is 0.259. The van der Waals surface area contributed by atoms with Crippen LogP contribution in [0.25, 0.3) is 0 Å².